The second-order valence-corrected chi connectivity index (χ2v) is 3.95. The van der Waals surface area contributed by atoms with Gasteiger partial charge in [-0.2, -0.15) is 0 Å². The van der Waals surface area contributed by atoms with Gasteiger partial charge in [0, 0.05) is 6.54 Å². The number of hydrogen-bond donors (Lipinski definition) is 3. The number of nitrogen functional groups attached to an aromatic ring is 1. The van der Waals surface area contributed by atoms with Crippen LogP contribution >= 0.6 is 0 Å². The van der Waals surface area contributed by atoms with Gasteiger partial charge in [0.25, 0.3) is 5.91 Å². The van der Waals surface area contributed by atoms with Crippen LogP contribution in [0.5, 0.6) is 0 Å². The summed E-state index contributed by atoms with van der Waals surface area (Å²) in [5.41, 5.74) is 6.93. The third kappa shape index (κ3) is 3.08. The number of nitrogens with one attached hydrogen (secondary N) is 1. The highest BCUT2D eigenvalue weighted by Crippen LogP contribution is 2.10. The van der Waals surface area contributed by atoms with Crippen LogP contribution in [0.1, 0.15) is 16.1 Å². The molecule has 0 unspecified atom stereocenters. The molecular weight excluding hydrogens is 246 g/mol. The van der Waals surface area contributed by atoms with Gasteiger partial charge in [-0.25, -0.2) is 4.68 Å². The van der Waals surface area contributed by atoms with Crippen LogP contribution in [0.4, 0.5) is 5.82 Å². The predicted octanol–water partition coefficient (Wildman–Crippen LogP) is -0.369. The summed E-state index contributed by atoms with van der Waals surface area (Å²) in [7, 11) is 0. The number of carbonyl (C=O) groups is 1. The maximum absolute atomic E-state index is 11.7. The number of nitrogens with zero attached hydrogens (tertiary/aromatic N) is 3. The minimum atomic E-state index is -0.439. The number of benzene rings is 1. The number of aromatic nitrogens is 3. The SMILES string of the molecule is Nc1c(C(=O)NCCO)nnn1Cc1ccccc1. The molecule has 100 valence electrons. The lowest BCUT2D eigenvalue weighted by Gasteiger charge is -2.04. The topological polar surface area (TPSA) is 106 Å². The van der Waals surface area contributed by atoms with Gasteiger partial charge in [0.1, 0.15) is 0 Å². The van der Waals surface area contributed by atoms with E-state index < -0.39 is 5.91 Å². The molecule has 0 aliphatic carbocycles. The average molecular weight is 261 g/mol. The average Bonchev–Trinajstić information content (AvgIpc) is 2.79. The molecule has 0 aliphatic rings. The third-order valence-corrected chi connectivity index (χ3v) is 2.56. The van der Waals surface area contributed by atoms with E-state index in [1.54, 1.807) is 0 Å². The molecule has 1 heterocycles. The maximum Gasteiger partial charge on any atom is 0.275 e. The molecule has 2 aromatic rings. The first-order chi connectivity index (χ1) is 9.22. The van der Waals surface area contributed by atoms with Gasteiger partial charge in [0.15, 0.2) is 11.5 Å². The Labute approximate surface area is 110 Å². The van der Waals surface area contributed by atoms with Crippen molar-refractivity contribution in [3.8, 4) is 0 Å². The Hall–Kier alpha value is -2.41. The summed E-state index contributed by atoms with van der Waals surface area (Å²) in [5, 5.41) is 18.7. The number of hydrogen-bond acceptors (Lipinski definition) is 5. The first kappa shape index (κ1) is 13.0. The van der Waals surface area contributed by atoms with Gasteiger partial charge < -0.3 is 16.2 Å². The normalized spacial score (nSPS) is 10.4. The number of carbonyl (C=O) groups excluding carboxylic acids is 1. The van der Waals surface area contributed by atoms with Gasteiger partial charge >= 0.3 is 0 Å². The van der Waals surface area contributed by atoms with E-state index in [2.05, 4.69) is 15.6 Å². The van der Waals surface area contributed by atoms with E-state index in [1.165, 1.54) is 4.68 Å². The molecule has 0 saturated carbocycles. The van der Waals surface area contributed by atoms with E-state index in [0.717, 1.165) is 5.56 Å². The van der Waals surface area contributed by atoms with Crippen molar-refractivity contribution in [3.05, 3.63) is 41.6 Å². The lowest BCUT2D eigenvalue weighted by atomic mass is 10.2. The van der Waals surface area contributed by atoms with E-state index in [1.807, 2.05) is 30.3 Å². The zero-order valence-corrected chi connectivity index (χ0v) is 10.3. The molecule has 0 fully saturated rings. The van der Waals surface area contributed by atoms with Crippen LogP contribution in [0.25, 0.3) is 0 Å². The summed E-state index contributed by atoms with van der Waals surface area (Å²) in [6.07, 6.45) is 0. The van der Waals surface area contributed by atoms with Gasteiger partial charge in [0.2, 0.25) is 0 Å². The van der Waals surface area contributed by atoms with Gasteiger partial charge in [-0.3, -0.25) is 4.79 Å². The smallest absolute Gasteiger partial charge is 0.275 e. The minimum Gasteiger partial charge on any atom is -0.395 e. The highest BCUT2D eigenvalue weighted by Gasteiger charge is 2.16. The van der Waals surface area contributed by atoms with E-state index in [9.17, 15) is 4.79 Å². The second-order valence-electron chi connectivity index (χ2n) is 3.95. The van der Waals surface area contributed by atoms with Crippen LogP contribution in [-0.2, 0) is 6.54 Å². The summed E-state index contributed by atoms with van der Waals surface area (Å²) in [6.45, 7) is 0.473. The molecule has 0 atom stereocenters. The van der Waals surface area contributed by atoms with Crippen molar-refractivity contribution in [2.24, 2.45) is 0 Å². The second kappa shape index (κ2) is 5.96. The first-order valence-corrected chi connectivity index (χ1v) is 5.84. The van der Waals surface area contributed by atoms with Crippen LogP contribution in [0, 0.1) is 0 Å². The molecule has 7 heteroatoms. The van der Waals surface area contributed by atoms with Gasteiger partial charge in [-0.1, -0.05) is 35.5 Å². The molecular formula is C12H15N5O2. The van der Waals surface area contributed by atoms with Crippen molar-refractivity contribution in [3.63, 3.8) is 0 Å². The monoisotopic (exact) mass is 261 g/mol. The number of amides is 1. The largest absolute Gasteiger partial charge is 0.395 e. The fourth-order valence-corrected chi connectivity index (χ4v) is 1.61. The van der Waals surface area contributed by atoms with Crippen LogP contribution in [0.3, 0.4) is 0 Å². The van der Waals surface area contributed by atoms with Gasteiger partial charge in [-0.05, 0) is 5.56 Å². The first-order valence-electron chi connectivity index (χ1n) is 5.84. The third-order valence-electron chi connectivity index (χ3n) is 2.56. The molecule has 0 bridgehead atoms. The lowest BCUT2D eigenvalue weighted by molar-refractivity contribution is 0.0940. The summed E-state index contributed by atoms with van der Waals surface area (Å²) < 4.78 is 1.46. The number of anilines is 1. The Kier molecular flexibility index (Phi) is 4.09. The van der Waals surface area contributed by atoms with E-state index in [0.29, 0.717) is 6.54 Å². The summed E-state index contributed by atoms with van der Waals surface area (Å²) in [4.78, 5) is 11.7. The lowest BCUT2D eigenvalue weighted by Crippen LogP contribution is -2.27. The van der Waals surface area contributed by atoms with Crippen LogP contribution in [0.2, 0.25) is 0 Å². The Morgan fingerprint density at radius 3 is 2.79 bits per heavy atom. The summed E-state index contributed by atoms with van der Waals surface area (Å²) >= 11 is 0. The van der Waals surface area contributed by atoms with Crippen molar-refractivity contribution in [2.45, 2.75) is 6.54 Å². The molecule has 0 saturated heterocycles. The Bertz CT molecular complexity index is 553. The van der Waals surface area contributed by atoms with E-state index >= 15 is 0 Å². The van der Waals surface area contributed by atoms with Gasteiger partial charge in [0.05, 0.1) is 13.2 Å². The number of rotatable bonds is 5. The summed E-state index contributed by atoms with van der Waals surface area (Å²) in [5.74, 6) is -0.231. The molecule has 7 nitrogen and oxygen atoms in total. The maximum atomic E-state index is 11.7. The highest BCUT2D eigenvalue weighted by atomic mass is 16.3. The fourth-order valence-electron chi connectivity index (χ4n) is 1.61. The van der Waals surface area contributed by atoms with Crippen LogP contribution in [-0.4, -0.2) is 39.2 Å². The molecule has 1 aromatic carbocycles. The number of aliphatic hydroxyl groups excluding tert-OH is 1. The minimum absolute atomic E-state index is 0.0735. The summed E-state index contributed by atoms with van der Waals surface area (Å²) in [6, 6.07) is 9.62. The van der Waals surface area contributed by atoms with E-state index in [4.69, 9.17) is 10.8 Å². The van der Waals surface area contributed by atoms with Crippen molar-refractivity contribution < 1.29 is 9.90 Å². The zero-order chi connectivity index (χ0) is 13.7. The molecule has 0 aliphatic heterocycles. The Morgan fingerprint density at radius 1 is 1.37 bits per heavy atom. The molecule has 0 spiro atoms. The number of nitrogens with two attached hydrogens (primary N) is 1. The Morgan fingerprint density at radius 2 is 2.11 bits per heavy atom. The molecule has 2 rings (SSSR count). The highest BCUT2D eigenvalue weighted by molar-refractivity contribution is 5.96. The molecule has 1 aromatic heterocycles. The predicted molar refractivity (Wildman–Crippen MR) is 69.4 cm³/mol. The van der Waals surface area contributed by atoms with Gasteiger partial charge in [-0.15, -0.1) is 5.10 Å². The van der Waals surface area contributed by atoms with Crippen LogP contribution in [0.15, 0.2) is 30.3 Å². The Balaban J connectivity index is 2.12. The quantitative estimate of drug-likeness (QED) is 0.681. The molecule has 19 heavy (non-hydrogen) atoms. The van der Waals surface area contributed by atoms with E-state index in [-0.39, 0.29) is 24.7 Å². The standard InChI is InChI=1S/C12H15N5O2/c13-11-10(12(19)14-6-7-18)15-16-17(11)8-9-4-2-1-3-5-9/h1-5,18H,6-8,13H2,(H,14,19). The van der Waals surface area contributed by atoms with Crippen molar-refractivity contribution in [1.29, 1.82) is 0 Å². The van der Waals surface area contributed by atoms with Crippen molar-refractivity contribution >= 4 is 11.7 Å². The van der Waals surface area contributed by atoms with Crippen molar-refractivity contribution in [2.75, 3.05) is 18.9 Å². The van der Waals surface area contributed by atoms with Crippen molar-refractivity contribution in [1.82, 2.24) is 20.3 Å². The molecule has 1 amide bonds. The zero-order valence-electron chi connectivity index (χ0n) is 10.3. The number of aliphatic hydroxyl groups is 1. The molecule has 0 radical (unpaired) electrons. The fraction of sp³-hybridized carbons (Fsp3) is 0.250. The van der Waals surface area contributed by atoms with Crippen LogP contribution < -0.4 is 11.1 Å². The molecule has 4 N–H and O–H groups in total.